The molecule has 2 aliphatic heterocycles. The lowest BCUT2D eigenvalue weighted by molar-refractivity contribution is -0.283. The van der Waals surface area contributed by atoms with Crippen LogP contribution in [0.2, 0.25) is 0 Å². The van der Waals surface area contributed by atoms with E-state index in [0.29, 0.717) is 12.8 Å². The van der Waals surface area contributed by atoms with E-state index in [-0.39, 0.29) is 28.3 Å². The van der Waals surface area contributed by atoms with Crippen molar-refractivity contribution in [3.8, 4) is 0 Å². The van der Waals surface area contributed by atoms with Gasteiger partial charge in [0.25, 0.3) is 0 Å². The zero-order chi connectivity index (χ0) is 20.1. The van der Waals surface area contributed by atoms with Crippen LogP contribution in [0.1, 0.15) is 38.2 Å². The summed E-state index contributed by atoms with van der Waals surface area (Å²) in [6.07, 6.45) is 4.21. The fraction of sp³-hybridized carbons (Fsp3) is 0.524. The number of nitrogens with zero attached hydrogens (tertiary/aromatic N) is 1. The number of benzene rings is 1. The van der Waals surface area contributed by atoms with Crippen LogP contribution in [-0.4, -0.2) is 45.2 Å². The number of hydrogen-bond donors (Lipinski definition) is 1. The summed E-state index contributed by atoms with van der Waals surface area (Å²) in [6, 6.07) is 9.27. The molecule has 5 nitrogen and oxygen atoms in total. The van der Waals surface area contributed by atoms with Crippen molar-refractivity contribution in [2.75, 3.05) is 5.75 Å². The van der Waals surface area contributed by atoms with Crippen molar-refractivity contribution in [1.82, 2.24) is 10.2 Å². The number of carbonyl (C=O) groups is 2. The zero-order valence-corrected chi connectivity index (χ0v) is 17.8. The van der Waals surface area contributed by atoms with Gasteiger partial charge in [-0.15, -0.1) is 30.1 Å². The van der Waals surface area contributed by atoms with E-state index in [1.807, 2.05) is 47.0 Å². The van der Waals surface area contributed by atoms with Gasteiger partial charge in [0.1, 0.15) is 6.04 Å². The highest BCUT2D eigenvalue weighted by Crippen LogP contribution is 2.34. The van der Waals surface area contributed by atoms with Gasteiger partial charge in [0.05, 0.1) is 10.6 Å². The minimum atomic E-state index is -0.592. The summed E-state index contributed by atoms with van der Waals surface area (Å²) in [4.78, 5) is 28.1. The third-order valence-corrected chi connectivity index (χ3v) is 7.52. The smallest absolute Gasteiger partial charge is 0.246 e. The fourth-order valence-electron chi connectivity index (χ4n) is 3.87. The maximum Gasteiger partial charge on any atom is 0.246 e. The van der Waals surface area contributed by atoms with Crippen LogP contribution in [0.4, 0.5) is 0 Å². The molecule has 0 aromatic heterocycles. The molecule has 2 amide bonds. The van der Waals surface area contributed by atoms with E-state index < -0.39 is 11.3 Å². The second-order valence-electron chi connectivity index (χ2n) is 7.37. The van der Waals surface area contributed by atoms with Gasteiger partial charge in [-0.05, 0) is 50.3 Å². The van der Waals surface area contributed by atoms with Gasteiger partial charge in [-0.1, -0.05) is 35.4 Å². The molecule has 0 saturated carbocycles. The number of amides is 2. The van der Waals surface area contributed by atoms with Crippen molar-refractivity contribution in [3.63, 3.8) is 0 Å². The van der Waals surface area contributed by atoms with Crippen LogP contribution in [0.5, 0.6) is 0 Å². The normalized spacial score (nSPS) is 26.1. The Bertz CT molecular complexity index is 713. The molecule has 3 rings (SSSR count). The molecule has 2 saturated heterocycles. The first-order valence-corrected chi connectivity index (χ1v) is 11.7. The molecule has 4 atom stereocenters. The Morgan fingerprint density at radius 2 is 2.11 bits per heavy atom. The van der Waals surface area contributed by atoms with Gasteiger partial charge in [0.15, 0.2) is 0 Å². The molecule has 152 valence electrons. The summed E-state index contributed by atoms with van der Waals surface area (Å²) in [7, 11) is 0. The van der Waals surface area contributed by atoms with Gasteiger partial charge in [0, 0.05) is 6.04 Å². The molecule has 1 aromatic carbocycles. The van der Waals surface area contributed by atoms with E-state index in [4.69, 9.17) is 0 Å². The minimum absolute atomic E-state index is 0.0139. The molecule has 0 spiro atoms. The topological polar surface area (TPSA) is 72.5 Å². The van der Waals surface area contributed by atoms with Gasteiger partial charge >= 0.3 is 0 Å². The minimum Gasteiger partial charge on any atom is -0.868 e. The van der Waals surface area contributed by atoms with Crippen molar-refractivity contribution < 1.29 is 14.7 Å². The van der Waals surface area contributed by atoms with Crippen LogP contribution in [0.3, 0.4) is 0 Å². The summed E-state index contributed by atoms with van der Waals surface area (Å²) in [5.41, 5.74) is 0.976. The highest BCUT2D eigenvalue weighted by Gasteiger charge is 2.39. The molecule has 7 heteroatoms. The molecule has 0 radical (unpaired) electrons. The second kappa shape index (κ2) is 9.74. The number of piperidine rings is 1. The molecule has 1 aromatic rings. The third-order valence-electron chi connectivity index (χ3n) is 5.27. The van der Waals surface area contributed by atoms with Crippen molar-refractivity contribution in [3.05, 3.63) is 47.6 Å². The maximum absolute atomic E-state index is 13.1. The Morgan fingerprint density at radius 1 is 1.36 bits per heavy atom. The summed E-state index contributed by atoms with van der Waals surface area (Å²) >= 11 is 2.74. The first-order chi connectivity index (χ1) is 13.5. The number of thioether (sulfide) groups is 2. The monoisotopic (exact) mass is 419 g/mol. The average molecular weight is 420 g/mol. The predicted octanol–water partition coefficient (Wildman–Crippen LogP) is 2.51. The van der Waals surface area contributed by atoms with Gasteiger partial charge < -0.3 is 15.3 Å². The quantitative estimate of drug-likeness (QED) is 0.718. The van der Waals surface area contributed by atoms with Crippen molar-refractivity contribution in [2.24, 2.45) is 0 Å². The summed E-state index contributed by atoms with van der Waals surface area (Å²) < 4.78 is 0. The van der Waals surface area contributed by atoms with E-state index >= 15 is 0 Å². The average Bonchev–Trinajstić information content (AvgIpc) is 2.82. The number of hydrogen-bond acceptors (Lipinski definition) is 5. The molecular formula is C21H27N2O3S2-. The molecule has 3 unspecified atom stereocenters. The molecule has 0 bridgehead atoms. The van der Waals surface area contributed by atoms with E-state index in [1.54, 1.807) is 0 Å². The van der Waals surface area contributed by atoms with E-state index in [0.717, 1.165) is 42.3 Å². The third kappa shape index (κ3) is 5.26. The number of fused-ring (bicyclic) bond motifs is 1. The van der Waals surface area contributed by atoms with Gasteiger partial charge in [0.2, 0.25) is 11.8 Å². The van der Waals surface area contributed by atoms with Crippen LogP contribution >= 0.6 is 23.5 Å². The Morgan fingerprint density at radius 3 is 2.82 bits per heavy atom. The fourth-order valence-corrected chi connectivity index (χ4v) is 6.09. The van der Waals surface area contributed by atoms with Crippen LogP contribution < -0.4 is 10.4 Å². The molecule has 2 fully saturated rings. The highest BCUT2D eigenvalue weighted by molar-refractivity contribution is 8.04. The van der Waals surface area contributed by atoms with Gasteiger partial charge in [-0.2, -0.15) is 0 Å². The van der Waals surface area contributed by atoms with Crippen molar-refractivity contribution >= 4 is 35.3 Å². The number of rotatable bonds is 6. The van der Waals surface area contributed by atoms with Crippen molar-refractivity contribution in [2.45, 2.75) is 61.7 Å². The van der Waals surface area contributed by atoms with Crippen LogP contribution in [-0.2, 0) is 16.0 Å². The SMILES string of the molecule is C=C([O-])SC(Cc1ccccc1)C(=O)NC1CCSC2CCC[C@@H](C)N2C1=O. The van der Waals surface area contributed by atoms with Gasteiger partial charge in [-0.3, -0.25) is 9.59 Å². The molecule has 0 aliphatic carbocycles. The Labute approximate surface area is 175 Å². The molecule has 1 N–H and O–H groups in total. The summed E-state index contributed by atoms with van der Waals surface area (Å²) in [6.45, 7) is 5.50. The predicted molar refractivity (Wildman–Crippen MR) is 114 cm³/mol. The highest BCUT2D eigenvalue weighted by atomic mass is 32.2. The standard InChI is InChI=1S/C21H28N2O3S2/c1-14-7-6-10-19-23(14)21(26)17(11-12-27-19)22-20(25)18(28-15(2)24)13-16-8-4-3-5-9-16/h3-5,8-9,14,17-19,24H,2,6-7,10-13H2,1H3,(H,22,25)/p-1/t14-,17?,18?,19?/m1/s1. The molecule has 28 heavy (non-hydrogen) atoms. The summed E-state index contributed by atoms with van der Waals surface area (Å²) in [5, 5.41) is 13.8. The number of carbonyl (C=O) groups excluding carboxylic acids is 2. The zero-order valence-electron chi connectivity index (χ0n) is 16.1. The first kappa shape index (κ1) is 21.1. The van der Waals surface area contributed by atoms with Crippen LogP contribution in [0.25, 0.3) is 0 Å². The lowest BCUT2D eigenvalue weighted by Crippen LogP contribution is -2.55. The Kier molecular flexibility index (Phi) is 7.35. The van der Waals surface area contributed by atoms with E-state index in [9.17, 15) is 14.7 Å². The Balaban J connectivity index is 1.70. The Hall–Kier alpha value is -1.60. The lowest BCUT2D eigenvalue weighted by atomic mass is 10.0. The molecule has 2 aliphatic rings. The van der Waals surface area contributed by atoms with E-state index in [1.165, 1.54) is 0 Å². The van der Waals surface area contributed by atoms with Gasteiger partial charge in [-0.25, -0.2) is 0 Å². The number of nitrogens with one attached hydrogen (secondary N) is 1. The first-order valence-electron chi connectivity index (χ1n) is 9.76. The van der Waals surface area contributed by atoms with E-state index in [2.05, 4.69) is 18.8 Å². The lowest BCUT2D eigenvalue weighted by Gasteiger charge is -2.40. The van der Waals surface area contributed by atoms with Crippen molar-refractivity contribution in [1.29, 1.82) is 0 Å². The summed E-state index contributed by atoms with van der Waals surface area (Å²) in [5.74, 6) is 0.590. The molecular weight excluding hydrogens is 392 g/mol. The maximum atomic E-state index is 13.1. The van der Waals surface area contributed by atoms with Crippen LogP contribution in [0, 0.1) is 0 Å². The van der Waals surface area contributed by atoms with Crippen LogP contribution in [0.15, 0.2) is 42.0 Å². The largest absolute Gasteiger partial charge is 0.868 e. The second-order valence-corrected chi connectivity index (χ2v) is 9.91. The molecule has 2 heterocycles.